The van der Waals surface area contributed by atoms with Crippen LogP contribution in [0.25, 0.3) is 11.3 Å². The molecule has 0 spiro atoms. The second-order valence-electron chi connectivity index (χ2n) is 6.66. The lowest BCUT2D eigenvalue weighted by Crippen LogP contribution is -2.48. The van der Waals surface area contributed by atoms with Crippen molar-refractivity contribution in [3.63, 3.8) is 0 Å². The summed E-state index contributed by atoms with van der Waals surface area (Å²) >= 11 is 7.67. The molecule has 1 aromatic heterocycles. The van der Waals surface area contributed by atoms with E-state index in [1.807, 2.05) is 18.2 Å². The Hall–Kier alpha value is -2.28. The van der Waals surface area contributed by atoms with E-state index in [4.69, 9.17) is 16.6 Å². The molecule has 1 fully saturated rings. The normalized spacial score (nSPS) is 15.0. The number of carbonyl (C=O) groups is 1. The zero-order chi connectivity index (χ0) is 19.5. The molecule has 0 aliphatic carbocycles. The van der Waals surface area contributed by atoms with E-state index in [9.17, 15) is 9.18 Å². The summed E-state index contributed by atoms with van der Waals surface area (Å²) in [7, 11) is 0. The first-order chi connectivity index (χ1) is 13.6. The van der Waals surface area contributed by atoms with Gasteiger partial charge >= 0.3 is 0 Å². The van der Waals surface area contributed by atoms with Crippen molar-refractivity contribution < 1.29 is 9.18 Å². The van der Waals surface area contributed by atoms with Crippen LogP contribution in [0.5, 0.6) is 0 Å². The third-order valence-corrected chi connectivity index (χ3v) is 5.96. The van der Waals surface area contributed by atoms with Crippen molar-refractivity contribution in [2.45, 2.75) is 6.54 Å². The van der Waals surface area contributed by atoms with Crippen LogP contribution in [0, 0.1) is 5.82 Å². The standard InChI is InChI=1S/C21H19ClFN3OS/c22-16-7-4-8-17(23)20(16)21(27)26-11-9-25(10-12-26)13-19-24-18(14-28-19)15-5-2-1-3-6-15/h1-8,14H,9-13H2. The quantitative estimate of drug-likeness (QED) is 0.626. The number of thiazole rings is 1. The van der Waals surface area contributed by atoms with E-state index in [-0.39, 0.29) is 16.5 Å². The van der Waals surface area contributed by atoms with Gasteiger partial charge in [0.1, 0.15) is 10.8 Å². The van der Waals surface area contributed by atoms with E-state index >= 15 is 0 Å². The number of hydrogen-bond donors (Lipinski definition) is 0. The summed E-state index contributed by atoms with van der Waals surface area (Å²) in [6.07, 6.45) is 0. The van der Waals surface area contributed by atoms with Crippen LogP contribution < -0.4 is 0 Å². The Balaban J connectivity index is 1.36. The maximum absolute atomic E-state index is 14.0. The number of halogens is 2. The fourth-order valence-corrected chi connectivity index (χ4v) is 4.37. The molecule has 2 heterocycles. The highest BCUT2D eigenvalue weighted by Crippen LogP contribution is 2.24. The summed E-state index contributed by atoms with van der Waals surface area (Å²) in [5, 5.41) is 3.28. The molecule has 3 aromatic rings. The minimum absolute atomic E-state index is 0.0370. The molecule has 28 heavy (non-hydrogen) atoms. The minimum Gasteiger partial charge on any atom is -0.336 e. The molecular weight excluding hydrogens is 397 g/mol. The molecule has 0 saturated carbocycles. The van der Waals surface area contributed by atoms with Crippen LogP contribution in [0.1, 0.15) is 15.4 Å². The van der Waals surface area contributed by atoms with E-state index in [1.165, 1.54) is 12.1 Å². The Kier molecular flexibility index (Phi) is 5.71. The van der Waals surface area contributed by atoms with Crippen LogP contribution in [0.15, 0.2) is 53.9 Å². The Labute approximate surface area is 172 Å². The van der Waals surface area contributed by atoms with Crippen molar-refractivity contribution in [1.82, 2.24) is 14.8 Å². The average molecular weight is 416 g/mol. The molecule has 0 unspecified atom stereocenters. The van der Waals surface area contributed by atoms with E-state index in [2.05, 4.69) is 22.4 Å². The molecule has 1 aliphatic heterocycles. The summed E-state index contributed by atoms with van der Waals surface area (Å²) in [6, 6.07) is 14.4. The van der Waals surface area contributed by atoms with Crippen molar-refractivity contribution in [1.29, 1.82) is 0 Å². The van der Waals surface area contributed by atoms with Crippen molar-refractivity contribution in [3.8, 4) is 11.3 Å². The highest BCUT2D eigenvalue weighted by atomic mass is 35.5. The Bertz CT molecular complexity index is 951. The Morgan fingerprint density at radius 2 is 1.82 bits per heavy atom. The smallest absolute Gasteiger partial charge is 0.258 e. The van der Waals surface area contributed by atoms with Gasteiger partial charge in [-0.15, -0.1) is 11.3 Å². The zero-order valence-electron chi connectivity index (χ0n) is 15.1. The molecule has 144 valence electrons. The second-order valence-corrected chi connectivity index (χ2v) is 8.01. The molecule has 4 rings (SSSR count). The average Bonchev–Trinajstić information content (AvgIpc) is 3.17. The van der Waals surface area contributed by atoms with Gasteiger partial charge < -0.3 is 4.90 Å². The highest BCUT2D eigenvalue weighted by molar-refractivity contribution is 7.09. The fourth-order valence-electron chi connectivity index (χ4n) is 3.29. The number of nitrogens with zero attached hydrogens (tertiary/aromatic N) is 3. The molecule has 1 aliphatic rings. The van der Waals surface area contributed by atoms with Gasteiger partial charge in [0, 0.05) is 37.1 Å². The van der Waals surface area contributed by atoms with E-state index < -0.39 is 5.82 Å². The number of benzene rings is 2. The molecule has 0 bridgehead atoms. The summed E-state index contributed by atoms with van der Waals surface area (Å²) in [6.45, 7) is 3.27. The first-order valence-corrected chi connectivity index (χ1v) is 10.3. The number of carbonyl (C=O) groups excluding carboxylic acids is 1. The lowest BCUT2D eigenvalue weighted by molar-refractivity contribution is 0.0624. The maximum Gasteiger partial charge on any atom is 0.258 e. The molecule has 7 heteroatoms. The number of amides is 1. The van der Waals surface area contributed by atoms with Crippen LogP contribution in [0.2, 0.25) is 5.02 Å². The third kappa shape index (κ3) is 4.09. The van der Waals surface area contributed by atoms with Crippen molar-refractivity contribution in [2.24, 2.45) is 0 Å². The third-order valence-electron chi connectivity index (χ3n) is 4.82. The van der Waals surface area contributed by atoms with Gasteiger partial charge in [-0.1, -0.05) is 48.0 Å². The molecule has 2 aromatic carbocycles. The Morgan fingerprint density at radius 1 is 1.07 bits per heavy atom. The predicted octanol–water partition coefficient (Wildman–Crippen LogP) is 4.56. The van der Waals surface area contributed by atoms with Crippen LogP contribution in [-0.4, -0.2) is 46.9 Å². The number of aromatic nitrogens is 1. The van der Waals surface area contributed by atoms with Crippen molar-refractivity contribution in [2.75, 3.05) is 26.2 Å². The number of hydrogen-bond acceptors (Lipinski definition) is 4. The van der Waals surface area contributed by atoms with Gasteiger partial charge in [-0.05, 0) is 12.1 Å². The summed E-state index contributed by atoms with van der Waals surface area (Å²) in [5.74, 6) is -0.917. The second kappa shape index (κ2) is 8.39. The van der Waals surface area contributed by atoms with Gasteiger partial charge in [0.25, 0.3) is 5.91 Å². The fraction of sp³-hybridized carbons (Fsp3) is 0.238. The molecular formula is C21H19ClFN3OS. The lowest BCUT2D eigenvalue weighted by Gasteiger charge is -2.34. The van der Waals surface area contributed by atoms with Gasteiger partial charge in [0.2, 0.25) is 0 Å². The monoisotopic (exact) mass is 415 g/mol. The first-order valence-electron chi connectivity index (χ1n) is 9.07. The van der Waals surface area contributed by atoms with E-state index in [0.29, 0.717) is 13.1 Å². The largest absolute Gasteiger partial charge is 0.336 e. The molecule has 0 atom stereocenters. The van der Waals surface area contributed by atoms with Gasteiger partial charge in [-0.25, -0.2) is 9.37 Å². The van der Waals surface area contributed by atoms with Crippen LogP contribution in [0.4, 0.5) is 4.39 Å². The van der Waals surface area contributed by atoms with Crippen LogP contribution in [-0.2, 0) is 6.54 Å². The zero-order valence-corrected chi connectivity index (χ0v) is 16.7. The summed E-state index contributed by atoms with van der Waals surface area (Å²) in [4.78, 5) is 21.3. The van der Waals surface area contributed by atoms with Gasteiger partial charge in [-0.2, -0.15) is 0 Å². The molecule has 0 N–H and O–H groups in total. The van der Waals surface area contributed by atoms with E-state index in [0.717, 1.165) is 35.9 Å². The molecule has 1 amide bonds. The first kappa shape index (κ1) is 19.1. The van der Waals surface area contributed by atoms with Crippen LogP contribution >= 0.6 is 22.9 Å². The van der Waals surface area contributed by atoms with Gasteiger partial charge in [0.05, 0.1) is 22.8 Å². The number of rotatable bonds is 4. The van der Waals surface area contributed by atoms with Crippen LogP contribution in [0.3, 0.4) is 0 Å². The topological polar surface area (TPSA) is 36.4 Å². The Morgan fingerprint density at radius 3 is 2.54 bits per heavy atom. The molecule has 0 radical (unpaired) electrons. The number of piperazine rings is 1. The van der Waals surface area contributed by atoms with Crippen molar-refractivity contribution in [3.05, 3.63) is 75.3 Å². The predicted molar refractivity (Wildman–Crippen MR) is 110 cm³/mol. The minimum atomic E-state index is -0.573. The highest BCUT2D eigenvalue weighted by Gasteiger charge is 2.26. The van der Waals surface area contributed by atoms with Gasteiger partial charge in [0.15, 0.2) is 0 Å². The summed E-state index contributed by atoms with van der Waals surface area (Å²) in [5.41, 5.74) is 2.07. The SMILES string of the molecule is O=C(c1c(F)cccc1Cl)N1CCN(Cc2nc(-c3ccccc3)cs2)CC1. The van der Waals surface area contributed by atoms with E-state index in [1.54, 1.807) is 22.3 Å². The molecule has 4 nitrogen and oxygen atoms in total. The van der Waals surface area contributed by atoms with Crippen molar-refractivity contribution >= 4 is 28.8 Å². The maximum atomic E-state index is 14.0. The summed E-state index contributed by atoms with van der Waals surface area (Å²) < 4.78 is 14.0. The lowest BCUT2D eigenvalue weighted by atomic mass is 10.1. The molecule has 1 saturated heterocycles. The van der Waals surface area contributed by atoms with Gasteiger partial charge in [-0.3, -0.25) is 9.69 Å².